The standard InChI is InChI=1S/C12H13N5O2S2/c18-21(19,9-5-4-8-13-10-20)12-14-15-16-17(12)11-6-2-1-3-7-11/h1-3,6-7H,4-5,8-9H2. The van der Waals surface area contributed by atoms with Crippen LogP contribution in [0.25, 0.3) is 5.69 Å². The first-order valence-electron chi connectivity index (χ1n) is 6.25. The number of benzene rings is 1. The van der Waals surface area contributed by atoms with E-state index in [4.69, 9.17) is 0 Å². The molecule has 2 aromatic rings. The van der Waals surface area contributed by atoms with Crippen molar-refractivity contribution >= 4 is 27.2 Å². The van der Waals surface area contributed by atoms with Crippen molar-refractivity contribution in [1.29, 1.82) is 0 Å². The van der Waals surface area contributed by atoms with Gasteiger partial charge in [0.15, 0.2) is 0 Å². The molecule has 0 spiro atoms. The maximum Gasteiger partial charge on any atom is 0.272 e. The Bertz CT molecular complexity index is 736. The van der Waals surface area contributed by atoms with Crippen LogP contribution >= 0.6 is 12.2 Å². The minimum Gasteiger partial charge on any atom is -0.233 e. The summed E-state index contributed by atoms with van der Waals surface area (Å²) in [6, 6.07) is 8.89. The summed E-state index contributed by atoms with van der Waals surface area (Å²) >= 11 is 4.45. The summed E-state index contributed by atoms with van der Waals surface area (Å²) in [5.41, 5.74) is 0.603. The van der Waals surface area contributed by atoms with E-state index in [1.807, 2.05) is 6.07 Å². The molecule has 1 aromatic carbocycles. The largest absolute Gasteiger partial charge is 0.272 e. The number of aromatic nitrogens is 4. The van der Waals surface area contributed by atoms with E-state index in [9.17, 15) is 8.42 Å². The van der Waals surface area contributed by atoms with E-state index in [1.165, 1.54) is 4.68 Å². The molecule has 0 aliphatic rings. The number of para-hydroxylation sites is 1. The van der Waals surface area contributed by atoms with Crippen LogP contribution in [0.1, 0.15) is 12.8 Å². The van der Waals surface area contributed by atoms with Crippen molar-refractivity contribution in [2.45, 2.75) is 18.0 Å². The highest BCUT2D eigenvalue weighted by Crippen LogP contribution is 2.14. The lowest BCUT2D eigenvalue weighted by atomic mass is 10.3. The van der Waals surface area contributed by atoms with Gasteiger partial charge in [-0.05, 0) is 47.6 Å². The molecule has 0 amide bonds. The Balaban J connectivity index is 2.14. The van der Waals surface area contributed by atoms with Crippen LogP contribution in [-0.4, -0.2) is 46.1 Å². The number of hydrogen-bond acceptors (Lipinski definition) is 7. The summed E-state index contributed by atoms with van der Waals surface area (Å²) in [5.74, 6) is -0.0346. The topological polar surface area (TPSA) is 90.1 Å². The molecule has 9 heteroatoms. The second kappa shape index (κ2) is 7.16. The van der Waals surface area contributed by atoms with Gasteiger partial charge in [-0.15, -0.1) is 0 Å². The van der Waals surface area contributed by atoms with Gasteiger partial charge in [0.05, 0.1) is 16.6 Å². The number of tetrazole rings is 1. The molecule has 0 aliphatic carbocycles. The Hall–Kier alpha value is -1.96. The molecular weight excluding hydrogens is 310 g/mol. The molecule has 0 saturated carbocycles. The van der Waals surface area contributed by atoms with Gasteiger partial charge in [0.25, 0.3) is 5.16 Å². The highest BCUT2D eigenvalue weighted by Gasteiger charge is 2.23. The normalized spacial score (nSPS) is 11.0. The number of nitrogens with zero attached hydrogens (tertiary/aromatic N) is 5. The predicted octanol–water partition coefficient (Wildman–Crippen LogP) is 1.32. The highest BCUT2D eigenvalue weighted by molar-refractivity contribution is 7.91. The number of isothiocyanates is 1. The molecule has 2 rings (SSSR count). The Morgan fingerprint density at radius 3 is 2.71 bits per heavy atom. The van der Waals surface area contributed by atoms with Crippen LogP contribution in [0.2, 0.25) is 0 Å². The van der Waals surface area contributed by atoms with Crippen LogP contribution in [0.15, 0.2) is 40.5 Å². The SMILES string of the molecule is O=S(=O)(CCCCN=C=S)c1nnnn1-c1ccccc1. The molecule has 0 fully saturated rings. The first-order chi connectivity index (χ1) is 10.1. The molecule has 110 valence electrons. The Morgan fingerprint density at radius 2 is 2.00 bits per heavy atom. The molecule has 21 heavy (non-hydrogen) atoms. The Labute approximate surface area is 127 Å². The summed E-state index contributed by atoms with van der Waals surface area (Å²) < 4.78 is 25.8. The van der Waals surface area contributed by atoms with Gasteiger partial charge < -0.3 is 0 Å². The van der Waals surface area contributed by atoms with E-state index < -0.39 is 9.84 Å². The second-order valence-corrected chi connectivity index (χ2v) is 6.39. The zero-order valence-electron chi connectivity index (χ0n) is 11.1. The zero-order chi connectivity index (χ0) is 15.1. The van der Waals surface area contributed by atoms with Gasteiger partial charge in [-0.25, -0.2) is 13.4 Å². The van der Waals surface area contributed by atoms with Crippen molar-refractivity contribution in [3.05, 3.63) is 30.3 Å². The van der Waals surface area contributed by atoms with Crippen LogP contribution in [0, 0.1) is 0 Å². The van der Waals surface area contributed by atoms with Gasteiger partial charge in [0, 0.05) is 6.54 Å². The van der Waals surface area contributed by atoms with Crippen LogP contribution in [0.5, 0.6) is 0 Å². The third kappa shape index (κ3) is 4.01. The molecule has 0 N–H and O–H groups in total. The lowest BCUT2D eigenvalue weighted by Gasteiger charge is -2.05. The van der Waals surface area contributed by atoms with Crippen LogP contribution < -0.4 is 0 Å². The lowest BCUT2D eigenvalue weighted by Crippen LogP contribution is -2.14. The van der Waals surface area contributed by atoms with E-state index in [-0.39, 0.29) is 10.9 Å². The molecule has 0 radical (unpaired) electrons. The lowest BCUT2D eigenvalue weighted by molar-refractivity contribution is 0.576. The van der Waals surface area contributed by atoms with Crippen LogP contribution in [0.4, 0.5) is 0 Å². The number of unbranched alkanes of at least 4 members (excludes halogenated alkanes) is 1. The monoisotopic (exact) mass is 323 g/mol. The highest BCUT2D eigenvalue weighted by atomic mass is 32.2. The molecular formula is C12H13N5O2S2. The minimum absolute atomic E-state index is 0.0346. The second-order valence-electron chi connectivity index (χ2n) is 4.21. The molecule has 0 bridgehead atoms. The first-order valence-corrected chi connectivity index (χ1v) is 8.31. The minimum atomic E-state index is -3.54. The van der Waals surface area contributed by atoms with Crippen molar-refractivity contribution in [1.82, 2.24) is 20.2 Å². The third-order valence-electron chi connectivity index (χ3n) is 2.72. The predicted molar refractivity (Wildman–Crippen MR) is 80.3 cm³/mol. The number of hydrogen-bond donors (Lipinski definition) is 0. The van der Waals surface area contributed by atoms with Crippen LogP contribution in [-0.2, 0) is 9.84 Å². The van der Waals surface area contributed by atoms with Crippen molar-refractivity contribution in [2.24, 2.45) is 4.99 Å². The molecule has 1 heterocycles. The van der Waals surface area contributed by atoms with Gasteiger partial charge in [0.1, 0.15) is 0 Å². The molecule has 1 aromatic heterocycles. The fraction of sp³-hybridized carbons (Fsp3) is 0.333. The summed E-state index contributed by atoms with van der Waals surface area (Å²) in [6.07, 6.45) is 1.08. The van der Waals surface area contributed by atoms with Gasteiger partial charge >= 0.3 is 0 Å². The molecule has 0 aliphatic heterocycles. The van der Waals surface area contributed by atoms with E-state index in [0.29, 0.717) is 25.1 Å². The first kappa shape index (κ1) is 15.4. The van der Waals surface area contributed by atoms with E-state index in [0.717, 1.165) is 0 Å². The fourth-order valence-corrected chi connectivity index (χ4v) is 3.15. The summed E-state index contributed by atoms with van der Waals surface area (Å²) in [4.78, 5) is 3.74. The quantitative estimate of drug-likeness (QED) is 0.434. The maximum absolute atomic E-state index is 12.3. The van der Waals surface area contributed by atoms with Crippen molar-refractivity contribution < 1.29 is 8.42 Å². The van der Waals surface area contributed by atoms with Gasteiger partial charge in [-0.1, -0.05) is 23.3 Å². The molecule has 0 saturated heterocycles. The Morgan fingerprint density at radius 1 is 1.24 bits per heavy atom. The van der Waals surface area contributed by atoms with E-state index in [1.54, 1.807) is 24.3 Å². The summed E-state index contributed by atoms with van der Waals surface area (Å²) in [6.45, 7) is 0.475. The molecule has 0 atom stereocenters. The van der Waals surface area contributed by atoms with Crippen LogP contribution in [0.3, 0.4) is 0 Å². The summed E-state index contributed by atoms with van der Waals surface area (Å²) in [7, 11) is -3.54. The summed E-state index contributed by atoms with van der Waals surface area (Å²) in [5, 5.41) is 12.9. The van der Waals surface area contributed by atoms with Crippen molar-refractivity contribution in [3.8, 4) is 5.69 Å². The smallest absolute Gasteiger partial charge is 0.233 e. The average molecular weight is 323 g/mol. The maximum atomic E-state index is 12.3. The van der Waals surface area contributed by atoms with Crippen molar-refractivity contribution in [3.63, 3.8) is 0 Å². The van der Waals surface area contributed by atoms with Crippen molar-refractivity contribution in [2.75, 3.05) is 12.3 Å². The van der Waals surface area contributed by atoms with Gasteiger partial charge in [-0.3, -0.25) is 0 Å². The third-order valence-corrected chi connectivity index (χ3v) is 4.48. The number of aliphatic imine (C=N–C) groups is 1. The Kier molecular flexibility index (Phi) is 5.26. The molecule has 0 unspecified atom stereocenters. The number of sulfone groups is 1. The zero-order valence-corrected chi connectivity index (χ0v) is 12.7. The van der Waals surface area contributed by atoms with E-state index >= 15 is 0 Å². The average Bonchev–Trinajstić information content (AvgIpc) is 2.98. The number of rotatable bonds is 7. The molecule has 7 nitrogen and oxygen atoms in total. The van der Waals surface area contributed by atoms with Gasteiger partial charge in [0.2, 0.25) is 9.84 Å². The number of thiocarbonyl (C=S) groups is 1. The van der Waals surface area contributed by atoms with E-state index in [2.05, 4.69) is 37.9 Å². The fourth-order valence-electron chi connectivity index (χ4n) is 1.72. The van der Waals surface area contributed by atoms with Gasteiger partial charge in [-0.2, -0.15) is 4.68 Å².